The Morgan fingerprint density at radius 3 is 2.10 bits per heavy atom. The van der Waals surface area contributed by atoms with Crippen molar-refractivity contribution in [2.75, 3.05) is 19.7 Å². The standard InChI is InChI=1S/C16H29N7O8/c17-8(3-4-12(26)27)13(28)21-6-11(25)22-9(2-1-5-20-16(18)19)14(29)23-10(7-24)15(30)31/h8-10,24H,1-7,17H2,(H,21,28)(H,22,25)(H,23,29)(H,26,27)(H,30,31)(H4,18,19,20). The van der Waals surface area contributed by atoms with Gasteiger partial charge in [0.2, 0.25) is 17.7 Å². The number of carboxylic acid groups (broad SMARTS) is 2. The lowest BCUT2D eigenvalue weighted by Gasteiger charge is -2.21. The molecule has 0 aliphatic rings. The van der Waals surface area contributed by atoms with E-state index in [1.807, 2.05) is 0 Å². The van der Waals surface area contributed by atoms with Crippen molar-refractivity contribution in [3.63, 3.8) is 0 Å². The number of amides is 3. The molecule has 0 saturated heterocycles. The SMILES string of the molecule is NC(N)=NCCCC(NC(=O)CNC(=O)C(N)CCC(=O)O)C(=O)NC(CO)C(=O)O. The zero-order valence-corrected chi connectivity index (χ0v) is 16.7. The van der Waals surface area contributed by atoms with E-state index in [2.05, 4.69) is 20.9 Å². The molecule has 3 unspecified atom stereocenters. The number of rotatable bonds is 15. The van der Waals surface area contributed by atoms with Gasteiger partial charge in [-0.05, 0) is 19.3 Å². The number of carbonyl (C=O) groups is 5. The minimum absolute atomic E-state index is 0.0260. The second-order valence-corrected chi connectivity index (χ2v) is 6.41. The highest BCUT2D eigenvalue weighted by Gasteiger charge is 2.26. The van der Waals surface area contributed by atoms with Gasteiger partial charge in [0.1, 0.15) is 12.1 Å². The fraction of sp³-hybridized carbons (Fsp3) is 0.625. The van der Waals surface area contributed by atoms with Crippen LogP contribution < -0.4 is 33.2 Å². The number of hydrogen-bond acceptors (Lipinski definition) is 8. The first-order valence-electron chi connectivity index (χ1n) is 9.21. The van der Waals surface area contributed by atoms with Crippen molar-refractivity contribution in [3.05, 3.63) is 0 Å². The average molecular weight is 447 g/mol. The summed E-state index contributed by atoms with van der Waals surface area (Å²) in [6.45, 7) is -1.28. The number of aliphatic imine (C=N–C) groups is 1. The van der Waals surface area contributed by atoms with Crippen LogP contribution in [0.3, 0.4) is 0 Å². The van der Waals surface area contributed by atoms with Gasteiger partial charge in [-0.1, -0.05) is 0 Å². The van der Waals surface area contributed by atoms with E-state index in [0.717, 1.165) is 0 Å². The minimum Gasteiger partial charge on any atom is -0.481 e. The maximum absolute atomic E-state index is 12.3. The fourth-order valence-corrected chi connectivity index (χ4v) is 2.18. The molecule has 15 heteroatoms. The summed E-state index contributed by atoms with van der Waals surface area (Å²) in [4.78, 5) is 61.4. The van der Waals surface area contributed by atoms with E-state index in [4.69, 9.17) is 32.5 Å². The molecule has 3 amide bonds. The molecule has 0 rings (SSSR count). The first-order chi connectivity index (χ1) is 14.5. The van der Waals surface area contributed by atoms with Gasteiger partial charge < -0.3 is 48.5 Å². The number of nitrogens with two attached hydrogens (primary N) is 3. The Bertz CT molecular complexity index is 681. The molecule has 0 radical (unpaired) electrons. The summed E-state index contributed by atoms with van der Waals surface area (Å²) in [6.07, 6.45) is -0.178. The number of nitrogens with one attached hydrogen (secondary N) is 3. The zero-order valence-electron chi connectivity index (χ0n) is 16.7. The van der Waals surface area contributed by atoms with E-state index in [9.17, 15) is 24.0 Å². The molecule has 3 atom stereocenters. The van der Waals surface area contributed by atoms with Crippen LogP contribution in [0.25, 0.3) is 0 Å². The van der Waals surface area contributed by atoms with Gasteiger partial charge in [0, 0.05) is 13.0 Å². The Balaban J connectivity index is 4.87. The molecular formula is C16H29N7O8. The van der Waals surface area contributed by atoms with Gasteiger partial charge in [0.05, 0.1) is 19.2 Å². The largest absolute Gasteiger partial charge is 0.481 e. The highest BCUT2D eigenvalue weighted by Crippen LogP contribution is 2.00. The van der Waals surface area contributed by atoms with Gasteiger partial charge >= 0.3 is 11.9 Å². The highest BCUT2D eigenvalue weighted by molar-refractivity contribution is 5.92. The van der Waals surface area contributed by atoms with Crippen LogP contribution in [0.2, 0.25) is 0 Å². The van der Waals surface area contributed by atoms with Crippen LogP contribution in [-0.2, 0) is 24.0 Å². The van der Waals surface area contributed by atoms with Gasteiger partial charge in [-0.2, -0.15) is 0 Å². The van der Waals surface area contributed by atoms with Crippen molar-refractivity contribution in [2.24, 2.45) is 22.2 Å². The molecule has 31 heavy (non-hydrogen) atoms. The molecule has 0 fully saturated rings. The van der Waals surface area contributed by atoms with Gasteiger partial charge in [-0.3, -0.25) is 24.2 Å². The molecular weight excluding hydrogens is 418 g/mol. The van der Waals surface area contributed by atoms with Crippen molar-refractivity contribution < 1.29 is 39.3 Å². The first kappa shape index (κ1) is 27.5. The van der Waals surface area contributed by atoms with E-state index in [1.165, 1.54) is 0 Å². The van der Waals surface area contributed by atoms with Crippen LogP contribution in [-0.4, -0.2) is 88.8 Å². The van der Waals surface area contributed by atoms with Crippen molar-refractivity contribution in [2.45, 2.75) is 43.8 Å². The van der Waals surface area contributed by atoms with Crippen LogP contribution >= 0.6 is 0 Å². The van der Waals surface area contributed by atoms with Crippen molar-refractivity contribution in [3.8, 4) is 0 Å². The molecule has 0 aromatic heterocycles. The van der Waals surface area contributed by atoms with Gasteiger partial charge in [0.15, 0.2) is 5.96 Å². The summed E-state index contributed by atoms with van der Waals surface area (Å²) in [5.74, 6) is -5.17. The number of nitrogens with zero attached hydrogens (tertiary/aromatic N) is 1. The Labute approximate surface area is 177 Å². The molecule has 0 aliphatic heterocycles. The third-order valence-corrected chi connectivity index (χ3v) is 3.82. The van der Waals surface area contributed by atoms with E-state index in [-0.39, 0.29) is 38.2 Å². The summed E-state index contributed by atoms with van der Waals surface area (Å²) in [5, 5.41) is 33.2. The Morgan fingerprint density at radius 2 is 1.58 bits per heavy atom. The number of guanidine groups is 1. The monoisotopic (exact) mass is 447 g/mol. The smallest absolute Gasteiger partial charge is 0.328 e. The fourth-order valence-electron chi connectivity index (χ4n) is 2.18. The number of aliphatic carboxylic acids is 2. The van der Waals surface area contributed by atoms with E-state index in [0.29, 0.717) is 0 Å². The van der Waals surface area contributed by atoms with Crippen molar-refractivity contribution >= 4 is 35.6 Å². The third-order valence-electron chi connectivity index (χ3n) is 3.82. The van der Waals surface area contributed by atoms with Crippen LogP contribution in [0.15, 0.2) is 4.99 Å². The van der Waals surface area contributed by atoms with E-state index >= 15 is 0 Å². The van der Waals surface area contributed by atoms with Crippen LogP contribution in [0.1, 0.15) is 25.7 Å². The summed E-state index contributed by atoms with van der Waals surface area (Å²) in [6, 6.07) is -3.91. The zero-order chi connectivity index (χ0) is 24.0. The minimum atomic E-state index is -1.57. The van der Waals surface area contributed by atoms with Crippen molar-refractivity contribution in [1.29, 1.82) is 0 Å². The molecule has 0 aromatic carbocycles. The lowest BCUT2D eigenvalue weighted by Crippen LogP contribution is -2.54. The van der Waals surface area contributed by atoms with Gasteiger partial charge in [0.25, 0.3) is 0 Å². The molecule has 15 nitrogen and oxygen atoms in total. The molecule has 0 aromatic rings. The number of aliphatic hydroxyl groups excluding tert-OH is 1. The van der Waals surface area contributed by atoms with Crippen LogP contribution in [0, 0.1) is 0 Å². The Hall–Kier alpha value is -3.46. The summed E-state index contributed by atoms with van der Waals surface area (Å²) >= 11 is 0. The Morgan fingerprint density at radius 1 is 0.935 bits per heavy atom. The van der Waals surface area contributed by atoms with Gasteiger partial charge in [-0.25, -0.2) is 4.79 Å². The lowest BCUT2D eigenvalue weighted by molar-refractivity contribution is -0.143. The lowest BCUT2D eigenvalue weighted by atomic mass is 10.1. The third kappa shape index (κ3) is 12.7. The number of hydrogen-bond donors (Lipinski definition) is 9. The molecule has 176 valence electrons. The van der Waals surface area contributed by atoms with Crippen LogP contribution in [0.5, 0.6) is 0 Å². The molecule has 0 saturated carbocycles. The Kier molecular flexibility index (Phi) is 12.9. The quantitative estimate of drug-likeness (QED) is 0.0654. The summed E-state index contributed by atoms with van der Waals surface area (Å²) in [5.41, 5.74) is 15.9. The highest BCUT2D eigenvalue weighted by atomic mass is 16.4. The predicted molar refractivity (Wildman–Crippen MR) is 106 cm³/mol. The molecule has 0 aliphatic carbocycles. The maximum atomic E-state index is 12.3. The van der Waals surface area contributed by atoms with Gasteiger partial charge in [-0.15, -0.1) is 0 Å². The molecule has 0 heterocycles. The normalized spacial score (nSPS) is 13.2. The molecule has 12 N–H and O–H groups in total. The summed E-state index contributed by atoms with van der Waals surface area (Å²) in [7, 11) is 0. The van der Waals surface area contributed by atoms with Crippen molar-refractivity contribution in [1.82, 2.24) is 16.0 Å². The average Bonchev–Trinajstić information content (AvgIpc) is 2.69. The molecule has 0 bridgehead atoms. The van der Waals surface area contributed by atoms with E-state index < -0.39 is 60.9 Å². The summed E-state index contributed by atoms with van der Waals surface area (Å²) < 4.78 is 0. The predicted octanol–water partition coefficient (Wildman–Crippen LogP) is -4.61. The first-order valence-corrected chi connectivity index (χ1v) is 9.21. The number of carbonyl (C=O) groups excluding carboxylic acids is 3. The van der Waals surface area contributed by atoms with E-state index in [1.54, 1.807) is 0 Å². The second-order valence-electron chi connectivity index (χ2n) is 6.41. The second kappa shape index (κ2) is 14.5. The number of carboxylic acids is 2. The van der Waals surface area contributed by atoms with Crippen LogP contribution in [0.4, 0.5) is 0 Å². The number of aliphatic hydroxyl groups is 1. The topological polar surface area (TPSA) is 273 Å². The maximum Gasteiger partial charge on any atom is 0.328 e. The molecule has 0 spiro atoms.